The van der Waals surface area contributed by atoms with Gasteiger partial charge in [-0.25, -0.2) is 0 Å². The first-order chi connectivity index (χ1) is 9.70. The molecule has 0 spiro atoms. The van der Waals surface area contributed by atoms with Crippen LogP contribution in [0.3, 0.4) is 0 Å². The normalized spacial score (nSPS) is 20.0. The molecule has 21 heavy (non-hydrogen) atoms. The highest BCUT2D eigenvalue weighted by atomic mass is 79.9. The second-order valence-corrected chi connectivity index (χ2v) is 8.46. The van der Waals surface area contributed by atoms with Crippen molar-refractivity contribution in [3.8, 4) is 0 Å². The average Bonchev–Trinajstić information content (AvgIpc) is 2.39. The van der Waals surface area contributed by atoms with Gasteiger partial charge in [-0.15, -0.1) is 0 Å². The Kier molecular flexibility index (Phi) is 4.74. The summed E-state index contributed by atoms with van der Waals surface area (Å²) in [6.45, 7) is 0.751. The third-order valence-electron chi connectivity index (χ3n) is 3.17. The summed E-state index contributed by atoms with van der Waals surface area (Å²) in [5.41, 5.74) is 0.923. The summed E-state index contributed by atoms with van der Waals surface area (Å²) in [6.07, 6.45) is -5.02. The van der Waals surface area contributed by atoms with Crippen LogP contribution in [0.25, 0.3) is 0 Å². The van der Waals surface area contributed by atoms with Crippen LogP contribution in [-0.2, 0) is 14.9 Å². The molecule has 1 aromatic rings. The van der Waals surface area contributed by atoms with Gasteiger partial charge in [0.1, 0.15) is 0 Å². The van der Waals surface area contributed by atoms with E-state index in [1.165, 1.54) is 0 Å². The largest absolute Gasteiger partial charge is 0.474 e. The molecule has 1 amide bonds. The molecule has 0 unspecified atom stereocenters. The third-order valence-corrected chi connectivity index (χ3v) is 6.08. The number of carbonyl (C=O) groups excluding carboxylic acids is 1. The van der Waals surface area contributed by atoms with Crippen LogP contribution < -0.4 is 4.90 Å². The molecular weight excluding hydrogens is 373 g/mol. The topological polar surface area (TPSA) is 52.9 Å². The van der Waals surface area contributed by atoms with Crippen LogP contribution in [0.5, 0.6) is 0 Å². The van der Waals surface area contributed by atoms with Crippen molar-refractivity contribution in [1.82, 2.24) is 0 Å². The molecule has 0 saturated carbocycles. The van der Waals surface area contributed by atoms with E-state index in [0.29, 0.717) is 13.1 Å². The predicted molar refractivity (Wildman–Crippen MR) is 81.0 cm³/mol. The van der Waals surface area contributed by atoms with E-state index in [4.69, 9.17) is 0 Å². The molecule has 1 heterocycles. The van der Waals surface area contributed by atoms with Crippen molar-refractivity contribution in [2.75, 3.05) is 29.5 Å². The van der Waals surface area contributed by atoms with Crippen LogP contribution in [0.4, 0.5) is 18.9 Å². The Morgan fingerprint density at radius 3 is 2.24 bits per heavy atom. The van der Waals surface area contributed by atoms with Crippen LogP contribution in [0, 0.1) is 0 Å². The zero-order chi connectivity index (χ0) is 15.7. The van der Waals surface area contributed by atoms with Gasteiger partial charge in [-0.3, -0.25) is 4.79 Å². The standard InChI is InChI=1S/C12H14BrF3N2O2S/c13-9-1-3-10(4-2-9)18-5-7-21(20,8-6-18)17-11(19)12(14,15)16/h1-4,21H,5-8H2,(H,17,19,20). The first kappa shape index (κ1) is 16.4. The lowest BCUT2D eigenvalue weighted by atomic mass is 10.3. The summed E-state index contributed by atoms with van der Waals surface area (Å²) in [5.74, 6) is -2.01. The molecule has 9 heteroatoms. The van der Waals surface area contributed by atoms with E-state index in [1.54, 1.807) is 0 Å². The predicted octanol–water partition coefficient (Wildman–Crippen LogP) is 2.90. The number of amides is 1. The van der Waals surface area contributed by atoms with Crippen LogP contribution in [0.15, 0.2) is 33.1 Å². The van der Waals surface area contributed by atoms with Gasteiger partial charge >= 0.3 is 12.1 Å². The molecule has 1 aromatic carbocycles. The van der Waals surface area contributed by atoms with Crippen LogP contribution in [-0.4, -0.2) is 41.2 Å². The third kappa shape index (κ3) is 4.27. The zero-order valence-corrected chi connectivity index (χ0v) is 13.3. The van der Waals surface area contributed by atoms with E-state index in [1.807, 2.05) is 29.2 Å². The van der Waals surface area contributed by atoms with E-state index in [9.17, 15) is 22.5 Å². The van der Waals surface area contributed by atoms with Gasteiger partial charge in [0.25, 0.3) is 0 Å². The summed E-state index contributed by atoms with van der Waals surface area (Å²) in [4.78, 5) is 12.8. The number of thiol groups is 1. The maximum absolute atomic E-state index is 12.2. The van der Waals surface area contributed by atoms with Gasteiger partial charge in [-0.2, -0.15) is 17.5 Å². The van der Waals surface area contributed by atoms with Gasteiger partial charge in [0, 0.05) is 34.8 Å². The second kappa shape index (κ2) is 6.05. The molecule has 0 aliphatic carbocycles. The Balaban J connectivity index is 2.07. The van der Waals surface area contributed by atoms with Crippen molar-refractivity contribution in [1.29, 1.82) is 0 Å². The first-order valence-electron chi connectivity index (χ1n) is 6.14. The van der Waals surface area contributed by atoms with Crippen molar-refractivity contribution >= 4 is 37.6 Å². The van der Waals surface area contributed by atoms with Gasteiger partial charge in [0.2, 0.25) is 0 Å². The molecule has 0 radical (unpaired) electrons. The number of halogens is 4. The minimum absolute atomic E-state index is 0.0882. The number of nitrogens with zero attached hydrogens (tertiary/aromatic N) is 2. The fourth-order valence-corrected chi connectivity index (χ4v) is 4.28. The Morgan fingerprint density at radius 1 is 1.24 bits per heavy atom. The fourth-order valence-electron chi connectivity index (χ4n) is 2.02. The summed E-state index contributed by atoms with van der Waals surface area (Å²) >= 11 is 3.32. The van der Waals surface area contributed by atoms with Crippen molar-refractivity contribution in [3.63, 3.8) is 0 Å². The second-order valence-electron chi connectivity index (χ2n) is 4.69. The Morgan fingerprint density at radius 2 is 1.76 bits per heavy atom. The number of alkyl halides is 3. The lowest BCUT2D eigenvalue weighted by Gasteiger charge is -2.36. The van der Waals surface area contributed by atoms with Gasteiger partial charge in [-0.1, -0.05) is 26.0 Å². The molecule has 0 atom stereocenters. The molecular formula is C12H14BrF3N2O2S. The summed E-state index contributed by atoms with van der Waals surface area (Å²) < 4.78 is 50.7. The highest BCUT2D eigenvalue weighted by Gasteiger charge is 2.40. The maximum atomic E-state index is 12.2. The molecule has 1 fully saturated rings. The van der Waals surface area contributed by atoms with Crippen LogP contribution in [0.2, 0.25) is 0 Å². The number of carbonyl (C=O) groups is 1. The summed E-state index contributed by atoms with van der Waals surface area (Å²) in [6, 6.07) is 7.49. The lowest BCUT2D eigenvalue weighted by molar-refractivity contribution is -0.169. The van der Waals surface area contributed by atoms with Crippen molar-refractivity contribution < 1.29 is 22.5 Å². The number of hydrogen-bond acceptors (Lipinski definition) is 2. The lowest BCUT2D eigenvalue weighted by Crippen LogP contribution is -2.44. The monoisotopic (exact) mass is 386 g/mol. The SMILES string of the molecule is O=C(N=[SH]1(O)CCN(c2ccc(Br)cc2)CC1)C(F)(F)F. The van der Waals surface area contributed by atoms with E-state index >= 15 is 0 Å². The van der Waals surface area contributed by atoms with Crippen molar-refractivity contribution in [2.45, 2.75) is 6.18 Å². The van der Waals surface area contributed by atoms with E-state index < -0.39 is 22.2 Å². The number of anilines is 1. The minimum Gasteiger partial charge on any atom is -0.370 e. The van der Waals surface area contributed by atoms with E-state index in [0.717, 1.165) is 10.2 Å². The average molecular weight is 387 g/mol. The van der Waals surface area contributed by atoms with Gasteiger partial charge in [-0.05, 0) is 24.3 Å². The van der Waals surface area contributed by atoms with Crippen LogP contribution >= 0.6 is 15.9 Å². The Hall–Kier alpha value is -0.930. The van der Waals surface area contributed by atoms with Crippen LogP contribution in [0.1, 0.15) is 0 Å². The number of rotatable bonds is 1. The van der Waals surface area contributed by atoms with E-state index in [-0.39, 0.29) is 11.5 Å². The fraction of sp³-hybridized carbons (Fsp3) is 0.417. The molecule has 1 saturated heterocycles. The number of benzene rings is 1. The minimum atomic E-state index is -5.02. The summed E-state index contributed by atoms with van der Waals surface area (Å²) in [5, 5.41) is 0. The van der Waals surface area contributed by atoms with Gasteiger partial charge in [0.15, 0.2) is 0 Å². The van der Waals surface area contributed by atoms with Crippen molar-refractivity contribution in [3.05, 3.63) is 28.7 Å². The highest BCUT2D eigenvalue weighted by Crippen LogP contribution is 2.24. The molecule has 4 nitrogen and oxygen atoms in total. The van der Waals surface area contributed by atoms with Gasteiger partial charge in [0.05, 0.1) is 0 Å². The van der Waals surface area contributed by atoms with Gasteiger partial charge < -0.3 is 9.45 Å². The molecule has 118 valence electrons. The molecule has 1 N–H and O–H groups in total. The summed E-state index contributed by atoms with van der Waals surface area (Å²) in [7, 11) is -3.18. The molecule has 2 rings (SSSR count). The molecule has 0 aromatic heterocycles. The number of hydrogen-bond donors (Lipinski definition) is 2. The first-order valence-corrected chi connectivity index (χ1v) is 9.00. The highest BCUT2D eigenvalue weighted by molar-refractivity contribution is 9.10. The maximum Gasteiger partial charge on any atom is 0.474 e. The smallest absolute Gasteiger partial charge is 0.370 e. The van der Waals surface area contributed by atoms with Crippen molar-refractivity contribution in [2.24, 2.45) is 4.36 Å². The molecule has 1 aliphatic heterocycles. The van der Waals surface area contributed by atoms with E-state index in [2.05, 4.69) is 20.3 Å². The Labute approximate surface area is 129 Å². The Bertz CT molecular complexity index is 577. The molecule has 1 aliphatic rings. The quantitative estimate of drug-likeness (QED) is 0.729. The molecule has 0 bridgehead atoms. The zero-order valence-electron chi connectivity index (χ0n) is 10.8.